The van der Waals surface area contributed by atoms with Crippen LogP contribution in [0.4, 0.5) is 17.6 Å². The van der Waals surface area contributed by atoms with Gasteiger partial charge in [-0.3, -0.25) is 4.79 Å². The molecule has 1 spiro atoms. The number of nitrogens with zero attached hydrogens (tertiary/aromatic N) is 2. The second-order valence-corrected chi connectivity index (χ2v) is 8.22. The number of hydrazone groups is 1. The van der Waals surface area contributed by atoms with Crippen molar-refractivity contribution in [3.05, 3.63) is 64.7 Å². The van der Waals surface area contributed by atoms with Crippen LogP contribution in [0, 0.1) is 29.2 Å². The zero-order valence-corrected chi connectivity index (χ0v) is 16.6. The lowest BCUT2D eigenvalue weighted by Gasteiger charge is -2.45. The molecule has 2 aromatic carbocycles. The van der Waals surface area contributed by atoms with Crippen LogP contribution in [0.1, 0.15) is 24.5 Å². The fraction of sp³-hybridized carbons (Fsp3) is 0.300. The number of hydrogen-bond donors (Lipinski definition) is 1. The fourth-order valence-corrected chi connectivity index (χ4v) is 5.40. The first kappa shape index (κ1) is 20.7. The minimum absolute atomic E-state index is 0.0155. The van der Waals surface area contributed by atoms with E-state index in [0.717, 1.165) is 41.0 Å². The molecule has 0 aromatic heterocycles. The van der Waals surface area contributed by atoms with Crippen LogP contribution in [0.25, 0.3) is 0 Å². The molecule has 2 aliphatic rings. The van der Waals surface area contributed by atoms with Gasteiger partial charge < -0.3 is 10.5 Å². The smallest absolute Gasteiger partial charge is 0.241 e. The topological polar surface area (TPSA) is 67.9 Å². The van der Waals surface area contributed by atoms with Crippen molar-refractivity contribution in [3.8, 4) is 5.75 Å². The number of ether oxygens (including phenoxy) is 1. The summed E-state index contributed by atoms with van der Waals surface area (Å²) in [5.41, 5.74) is 5.64. The Morgan fingerprint density at radius 2 is 2.00 bits per heavy atom. The number of carbonyl (C=O) groups excluding carboxylic acids is 1. The van der Waals surface area contributed by atoms with Crippen molar-refractivity contribution in [2.24, 2.45) is 16.8 Å². The molecular weight excluding hydrogens is 422 g/mol. The van der Waals surface area contributed by atoms with Gasteiger partial charge in [-0.25, -0.2) is 22.6 Å². The van der Waals surface area contributed by atoms with Crippen molar-refractivity contribution >= 4 is 22.7 Å². The molecule has 2 aromatic rings. The van der Waals surface area contributed by atoms with E-state index < -0.39 is 40.0 Å². The van der Waals surface area contributed by atoms with Gasteiger partial charge >= 0.3 is 0 Å². The molecule has 0 fully saturated rings. The van der Waals surface area contributed by atoms with Crippen LogP contribution >= 0.6 is 11.8 Å². The fourth-order valence-electron chi connectivity index (χ4n) is 3.85. The highest BCUT2D eigenvalue weighted by molar-refractivity contribution is 8.15. The summed E-state index contributed by atoms with van der Waals surface area (Å²) in [5.74, 6) is -4.47. The Balaban J connectivity index is 1.94. The highest BCUT2D eigenvalue weighted by atomic mass is 32.2. The van der Waals surface area contributed by atoms with Crippen LogP contribution in [0.2, 0.25) is 0 Å². The summed E-state index contributed by atoms with van der Waals surface area (Å²) in [5, 5.41) is 5.33. The van der Waals surface area contributed by atoms with E-state index in [1.807, 2.05) is 0 Å². The molecular formula is C20H17F4N3O2S. The van der Waals surface area contributed by atoms with E-state index in [9.17, 15) is 22.4 Å². The minimum atomic E-state index is -1.42. The number of halogens is 4. The van der Waals surface area contributed by atoms with Crippen molar-refractivity contribution in [3.63, 3.8) is 0 Å². The number of fused-ring (bicyclic) bond motifs is 2. The zero-order chi connectivity index (χ0) is 21.6. The first-order chi connectivity index (χ1) is 14.3. The SMILES string of the molecule is CC(=O)N1N=C(c2cc(F)ccc2F)S[C@]12c1cc(F)cc(F)c1OC[C@@H]2CCN. The standard InChI is InChI=1S/C20H17F4N3O2S/c1-10(28)27-20(30-19(26-27)14-6-12(21)2-3-16(14)23)11(4-5-25)9-29-18-15(20)7-13(22)8-17(18)24/h2-3,6-8,11H,4-5,9,25H2,1H3/t11-,20+/m0/s1. The Labute approximate surface area is 173 Å². The first-order valence-corrected chi connectivity index (χ1v) is 9.95. The Bertz CT molecular complexity index is 1060. The number of hydrogen-bond acceptors (Lipinski definition) is 5. The van der Waals surface area contributed by atoms with E-state index in [1.165, 1.54) is 6.92 Å². The maximum Gasteiger partial charge on any atom is 0.241 e. The first-order valence-electron chi connectivity index (χ1n) is 9.14. The largest absolute Gasteiger partial charge is 0.490 e. The third kappa shape index (κ3) is 3.14. The number of carbonyl (C=O) groups is 1. The summed E-state index contributed by atoms with van der Waals surface area (Å²) in [6.45, 7) is 1.43. The summed E-state index contributed by atoms with van der Waals surface area (Å²) in [6, 6.07) is 4.63. The lowest BCUT2D eigenvalue weighted by molar-refractivity contribution is -0.134. The lowest BCUT2D eigenvalue weighted by atomic mass is 9.86. The molecule has 2 heterocycles. The minimum Gasteiger partial charge on any atom is -0.490 e. The highest BCUT2D eigenvalue weighted by Crippen LogP contribution is 2.58. The summed E-state index contributed by atoms with van der Waals surface area (Å²) in [6.07, 6.45) is 0.336. The van der Waals surface area contributed by atoms with Crippen LogP contribution < -0.4 is 10.5 Å². The molecule has 0 bridgehead atoms. The summed E-state index contributed by atoms with van der Waals surface area (Å²) >= 11 is 0.934. The second-order valence-electron chi connectivity index (χ2n) is 7.01. The molecule has 2 N–H and O–H groups in total. The number of rotatable bonds is 3. The van der Waals surface area contributed by atoms with E-state index in [-0.39, 0.29) is 35.1 Å². The van der Waals surface area contributed by atoms with E-state index in [0.29, 0.717) is 12.5 Å². The molecule has 2 atom stereocenters. The molecule has 30 heavy (non-hydrogen) atoms. The van der Waals surface area contributed by atoms with Gasteiger partial charge in [0, 0.05) is 30.0 Å². The maximum absolute atomic E-state index is 14.5. The van der Waals surface area contributed by atoms with Crippen molar-refractivity contribution in [1.82, 2.24) is 5.01 Å². The van der Waals surface area contributed by atoms with Crippen LogP contribution in [-0.2, 0) is 9.67 Å². The number of benzene rings is 2. The van der Waals surface area contributed by atoms with Crippen LogP contribution in [0.5, 0.6) is 5.75 Å². The van der Waals surface area contributed by atoms with Crippen molar-refractivity contribution < 1.29 is 27.1 Å². The van der Waals surface area contributed by atoms with Gasteiger partial charge in [0.05, 0.1) is 6.61 Å². The maximum atomic E-state index is 14.5. The molecule has 0 unspecified atom stereocenters. The van der Waals surface area contributed by atoms with E-state index >= 15 is 0 Å². The van der Waals surface area contributed by atoms with E-state index in [1.54, 1.807) is 0 Å². The Kier molecular flexibility index (Phi) is 5.23. The number of nitrogens with two attached hydrogens (primary N) is 1. The molecule has 0 saturated carbocycles. The number of amides is 1. The van der Waals surface area contributed by atoms with Gasteiger partial charge in [-0.15, -0.1) is 0 Å². The molecule has 0 aliphatic carbocycles. The van der Waals surface area contributed by atoms with Gasteiger partial charge in [0.15, 0.2) is 16.4 Å². The van der Waals surface area contributed by atoms with Gasteiger partial charge in [0.2, 0.25) is 5.91 Å². The monoisotopic (exact) mass is 439 g/mol. The van der Waals surface area contributed by atoms with Crippen molar-refractivity contribution in [2.75, 3.05) is 13.2 Å². The van der Waals surface area contributed by atoms with Crippen LogP contribution in [0.15, 0.2) is 35.4 Å². The molecule has 4 rings (SSSR count). The Morgan fingerprint density at radius 3 is 2.70 bits per heavy atom. The van der Waals surface area contributed by atoms with Gasteiger partial charge in [-0.2, -0.15) is 5.10 Å². The molecule has 1 amide bonds. The molecule has 0 saturated heterocycles. The summed E-state index contributed by atoms with van der Waals surface area (Å²) < 4.78 is 62.5. The van der Waals surface area contributed by atoms with E-state index in [2.05, 4.69) is 5.10 Å². The molecule has 10 heteroatoms. The van der Waals surface area contributed by atoms with Crippen molar-refractivity contribution in [1.29, 1.82) is 0 Å². The summed E-state index contributed by atoms with van der Waals surface area (Å²) in [7, 11) is 0. The second kappa shape index (κ2) is 7.59. The van der Waals surface area contributed by atoms with Gasteiger partial charge in [0.1, 0.15) is 22.5 Å². The van der Waals surface area contributed by atoms with Crippen LogP contribution in [0.3, 0.4) is 0 Å². The average molecular weight is 439 g/mol. The Morgan fingerprint density at radius 1 is 1.23 bits per heavy atom. The predicted octanol–water partition coefficient (Wildman–Crippen LogP) is 3.71. The molecule has 5 nitrogen and oxygen atoms in total. The van der Waals surface area contributed by atoms with E-state index in [4.69, 9.17) is 10.5 Å². The highest BCUT2D eigenvalue weighted by Gasteiger charge is 2.57. The van der Waals surface area contributed by atoms with Crippen molar-refractivity contribution in [2.45, 2.75) is 18.2 Å². The number of thioether (sulfide) groups is 1. The summed E-state index contributed by atoms with van der Waals surface area (Å²) in [4.78, 5) is 11.1. The molecule has 158 valence electrons. The molecule has 2 aliphatic heterocycles. The quantitative estimate of drug-likeness (QED) is 0.741. The molecule has 0 radical (unpaired) electrons. The third-order valence-electron chi connectivity index (χ3n) is 5.11. The van der Waals surface area contributed by atoms with Gasteiger partial charge in [-0.1, -0.05) is 11.8 Å². The average Bonchev–Trinajstić information content (AvgIpc) is 3.08. The predicted molar refractivity (Wildman–Crippen MR) is 104 cm³/mol. The van der Waals surface area contributed by atoms with Gasteiger partial charge in [-0.05, 0) is 37.2 Å². The normalized spacial score (nSPS) is 22.7. The van der Waals surface area contributed by atoms with Gasteiger partial charge in [0.25, 0.3) is 0 Å². The lowest BCUT2D eigenvalue weighted by Crippen LogP contribution is -2.51. The zero-order valence-electron chi connectivity index (χ0n) is 15.8. The Hall–Kier alpha value is -2.59. The third-order valence-corrected chi connectivity index (χ3v) is 6.64. The van der Waals surface area contributed by atoms with Crippen LogP contribution in [-0.4, -0.2) is 29.1 Å².